The largest absolute Gasteiger partial charge is 0.480 e. The van der Waals surface area contributed by atoms with Crippen LogP contribution in [-0.4, -0.2) is 98.5 Å². The quantitative estimate of drug-likeness (QED) is 0.598. The zero-order valence-electron chi connectivity index (χ0n) is 12.8. The van der Waals surface area contributed by atoms with Crippen LogP contribution in [0.15, 0.2) is 0 Å². The zero-order chi connectivity index (χ0) is 15.8. The molecule has 2 rings (SSSR count). The van der Waals surface area contributed by atoms with Gasteiger partial charge in [-0.2, -0.15) is 0 Å². The van der Waals surface area contributed by atoms with Crippen LogP contribution in [0.3, 0.4) is 0 Å². The number of carbonyl (C=O) groups excluding carboxylic acids is 1. The lowest BCUT2D eigenvalue weighted by Gasteiger charge is -2.29. The summed E-state index contributed by atoms with van der Waals surface area (Å²) in [7, 11) is 0. The van der Waals surface area contributed by atoms with Gasteiger partial charge in [0.25, 0.3) is 0 Å². The molecule has 0 aromatic carbocycles. The molecule has 126 valence electrons. The average Bonchev–Trinajstić information content (AvgIpc) is 2.55. The molecule has 8 nitrogen and oxygen atoms in total. The highest BCUT2D eigenvalue weighted by Crippen LogP contribution is 2.04. The summed E-state index contributed by atoms with van der Waals surface area (Å²) in [5.74, 6) is -1.11. The lowest BCUT2D eigenvalue weighted by Crippen LogP contribution is -2.48. The molecule has 0 spiro atoms. The molecule has 0 radical (unpaired) electrons. The van der Waals surface area contributed by atoms with Crippen molar-refractivity contribution in [2.24, 2.45) is 0 Å². The number of carboxylic acids is 1. The lowest BCUT2D eigenvalue weighted by molar-refractivity contribution is -0.144. The molecule has 0 bridgehead atoms. The topological polar surface area (TPSA) is 91.3 Å². The van der Waals surface area contributed by atoms with Crippen LogP contribution >= 0.6 is 0 Å². The first-order valence-corrected chi connectivity index (χ1v) is 7.78. The Balaban J connectivity index is 1.71. The van der Waals surface area contributed by atoms with Crippen LogP contribution in [0, 0.1) is 0 Å². The molecular weight excluding hydrogens is 290 g/mol. The molecule has 0 unspecified atom stereocenters. The fourth-order valence-corrected chi connectivity index (χ4v) is 2.58. The van der Waals surface area contributed by atoms with E-state index in [9.17, 15) is 14.7 Å². The van der Waals surface area contributed by atoms with E-state index in [0.29, 0.717) is 32.8 Å². The molecule has 2 aliphatic heterocycles. The highest BCUT2D eigenvalue weighted by Gasteiger charge is 2.25. The van der Waals surface area contributed by atoms with Gasteiger partial charge in [-0.25, -0.2) is 0 Å². The van der Waals surface area contributed by atoms with Gasteiger partial charge in [0.1, 0.15) is 6.04 Å². The third-order valence-electron chi connectivity index (χ3n) is 3.96. The number of carbonyl (C=O) groups is 2. The second-order valence-electron chi connectivity index (χ2n) is 5.50. The molecule has 22 heavy (non-hydrogen) atoms. The van der Waals surface area contributed by atoms with Crippen molar-refractivity contribution in [3.8, 4) is 0 Å². The second-order valence-corrected chi connectivity index (χ2v) is 5.50. The van der Waals surface area contributed by atoms with E-state index in [-0.39, 0.29) is 12.3 Å². The molecule has 2 heterocycles. The number of nitrogens with zero attached hydrogens (tertiary/aromatic N) is 2. The lowest BCUT2D eigenvalue weighted by atomic mass is 10.2. The number of rotatable bonds is 7. The summed E-state index contributed by atoms with van der Waals surface area (Å²) in [6, 6.07) is -0.837. The number of amides is 1. The number of aliphatic carboxylic acids is 1. The summed E-state index contributed by atoms with van der Waals surface area (Å²) < 4.78 is 10.5. The molecule has 0 aliphatic carbocycles. The van der Waals surface area contributed by atoms with Gasteiger partial charge in [-0.15, -0.1) is 0 Å². The van der Waals surface area contributed by atoms with E-state index in [4.69, 9.17) is 9.47 Å². The zero-order valence-corrected chi connectivity index (χ0v) is 12.8. The van der Waals surface area contributed by atoms with Gasteiger partial charge in [0.15, 0.2) is 0 Å². The van der Waals surface area contributed by atoms with Crippen molar-refractivity contribution in [2.45, 2.75) is 12.5 Å². The van der Waals surface area contributed by atoms with Crippen molar-refractivity contribution in [3.63, 3.8) is 0 Å². The Morgan fingerprint density at radius 3 is 2.23 bits per heavy atom. The van der Waals surface area contributed by atoms with E-state index in [2.05, 4.69) is 10.2 Å². The van der Waals surface area contributed by atoms with E-state index in [0.717, 1.165) is 32.8 Å². The molecule has 2 N–H and O–H groups in total. The van der Waals surface area contributed by atoms with Crippen molar-refractivity contribution in [2.75, 3.05) is 65.7 Å². The van der Waals surface area contributed by atoms with Gasteiger partial charge >= 0.3 is 5.97 Å². The summed E-state index contributed by atoms with van der Waals surface area (Å²) >= 11 is 0. The molecule has 2 fully saturated rings. The van der Waals surface area contributed by atoms with E-state index in [1.807, 2.05) is 0 Å². The SMILES string of the molecule is O=C(O)[C@@H](CC(=O)N1CCOCC1)NCCN1CCOCC1. The van der Waals surface area contributed by atoms with Crippen LogP contribution in [0.2, 0.25) is 0 Å². The first-order chi connectivity index (χ1) is 10.7. The summed E-state index contributed by atoms with van der Waals surface area (Å²) in [4.78, 5) is 27.3. The second kappa shape index (κ2) is 9.04. The van der Waals surface area contributed by atoms with Gasteiger partial charge in [0.05, 0.1) is 32.8 Å². The van der Waals surface area contributed by atoms with Crippen LogP contribution in [-0.2, 0) is 19.1 Å². The molecule has 8 heteroatoms. The van der Waals surface area contributed by atoms with E-state index in [1.165, 1.54) is 0 Å². The molecule has 0 saturated carbocycles. The fourth-order valence-electron chi connectivity index (χ4n) is 2.58. The van der Waals surface area contributed by atoms with Gasteiger partial charge in [-0.1, -0.05) is 0 Å². The van der Waals surface area contributed by atoms with Gasteiger partial charge in [0.2, 0.25) is 5.91 Å². The normalized spacial score (nSPS) is 21.5. The maximum absolute atomic E-state index is 12.1. The minimum absolute atomic E-state index is 0.0154. The first-order valence-electron chi connectivity index (χ1n) is 7.78. The van der Waals surface area contributed by atoms with Crippen LogP contribution in [0.4, 0.5) is 0 Å². The minimum Gasteiger partial charge on any atom is -0.480 e. The van der Waals surface area contributed by atoms with Crippen LogP contribution in [0.5, 0.6) is 0 Å². The fraction of sp³-hybridized carbons (Fsp3) is 0.857. The Kier molecular flexibility index (Phi) is 7.04. The Bertz CT molecular complexity index is 367. The molecule has 1 atom stereocenters. The summed E-state index contributed by atoms with van der Waals surface area (Å²) in [5, 5.41) is 12.2. The molecular formula is C14H25N3O5. The first kappa shape index (κ1) is 17.1. The molecule has 1 amide bonds. The van der Waals surface area contributed by atoms with Crippen LogP contribution in [0.1, 0.15) is 6.42 Å². The molecule has 0 aromatic heterocycles. The summed E-state index contributed by atoms with van der Waals surface area (Å²) in [6.07, 6.45) is -0.0154. The van der Waals surface area contributed by atoms with Crippen molar-refractivity contribution in [3.05, 3.63) is 0 Å². The third-order valence-corrected chi connectivity index (χ3v) is 3.96. The summed E-state index contributed by atoms with van der Waals surface area (Å²) in [5.41, 5.74) is 0. The Labute approximate surface area is 130 Å². The van der Waals surface area contributed by atoms with Gasteiger partial charge < -0.3 is 24.8 Å². The Hall–Kier alpha value is -1.22. The number of nitrogens with one attached hydrogen (secondary N) is 1. The van der Waals surface area contributed by atoms with Crippen molar-refractivity contribution < 1.29 is 24.2 Å². The minimum atomic E-state index is -0.983. The van der Waals surface area contributed by atoms with Crippen LogP contribution < -0.4 is 5.32 Å². The Morgan fingerprint density at radius 1 is 1.05 bits per heavy atom. The number of hydrogen-bond acceptors (Lipinski definition) is 6. The van der Waals surface area contributed by atoms with Gasteiger partial charge in [0, 0.05) is 39.3 Å². The van der Waals surface area contributed by atoms with Crippen molar-refractivity contribution >= 4 is 11.9 Å². The van der Waals surface area contributed by atoms with Crippen molar-refractivity contribution in [1.29, 1.82) is 0 Å². The summed E-state index contributed by atoms with van der Waals surface area (Å²) in [6.45, 7) is 6.61. The number of ether oxygens (including phenoxy) is 2. The predicted molar refractivity (Wildman–Crippen MR) is 78.7 cm³/mol. The average molecular weight is 315 g/mol. The van der Waals surface area contributed by atoms with E-state index >= 15 is 0 Å². The van der Waals surface area contributed by atoms with Crippen molar-refractivity contribution in [1.82, 2.24) is 15.1 Å². The highest BCUT2D eigenvalue weighted by molar-refractivity contribution is 5.84. The standard InChI is InChI=1S/C14H25N3O5/c18-13(17-5-9-22-10-6-17)11-12(14(19)20)15-1-2-16-3-7-21-8-4-16/h12,15H,1-11H2,(H,19,20)/t12-/m1/s1. The van der Waals surface area contributed by atoms with Gasteiger partial charge in [-0.3, -0.25) is 14.5 Å². The molecule has 2 aliphatic rings. The maximum Gasteiger partial charge on any atom is 0.321 e. The smallest absolute Gasteiger partial charge is 0.321 e. The molecule has 2 saturated heterocycles. The number of morpholine rings is 2. The maximum atomic E-state index is 12.1. The predicted octanol–water partition coefficient (Wildman–Crippen LogP) is -1.39. The Morgan fingerprint density at radius 2 is 1.64 bits per heavy atom. The molecule has 0 aromatic rings. The third kappa shape index (κ3) is 5.53. The van der Waals surface area contributed by atoms with E-state index < -0.39 is 12.0 Å². The van der Waals surface area contributed by atoms with E-state index in [1.54, 1.807) is 4.90 Å². The number of carboxylic acid groups (broad SMARTS) is 1. The number of hydrogen-bond donors (Lipinski definition) is 2. The van der Waals surface area contributed by atoms with Gasteiger partial charge in [-0.05, 0) is 0 Å². The highest BCUT2D eigenvalue weighted by atomic mass is 16.5. The monoisotopic (exact) mass is 315 g/mol. The van der Waals surface area contributed by atoms with Crippen LogP contribution in [0.25, 0.3) is 0 Å².